The molecule has 0 rings (SSSR count). The smallest absolute Gasteiger partial charge is 0.223 e. The zero-order valence-electron chi connectivity index (χ0n) is 19.3. The van der Waals surface area contributed by atoms with Gasteiger partial charge < -0.3 is 19.5 Å². The predicted octanol–water partition coefficient (Wildman–Crippen LogP) is 4.98. The minimum absolute atomic E-state index is 0.159. The Morgan fingerprint density at radius 1 is 0.786 bits per heavy atom. The van der Waals surface area contributed by atoms with Crippen LogP contribution in [0.3, 0.4) is 0 Å². The fourth-order valence-corrected chi connectivity index (χ4v) is 2.94. The fourth-order valence-electron chi connectivity index (χ4n) is 2.94. The number of hydrogen-bond acceptors (Lipinski definition) is 4. The minimum Gasteiger partial charge on any atom is -0.379 e. The van der Waals surface area contributed by atoms with Gasteiger partial charge in [-0.3, -0.25) is 4.79 Å². The van der Waals surface area contributed by atoms with Gasteiger partial charge in [-0.1, -0.05) is 60.3 Å². The average Bonchev–Trinajstić information content (AvgIpc) is 2.64. The van der Waals surface area contributed by atoms with Crippen LogP contribution < -0.4 is 5.32 Å². The van der Waals surface area contributed by atoms with Crippen LogP contribution in [0, 0.1) is 11.3 Å². The van der Waals surface area contributed by atoms with E-state index in [0.717, 1.165) is 51.6 Å². The Hall–Kier alpha value is -0.650. The summed E-state index contributed by atoms with van der Waals surface area (Å²) in [7, 11) is 0. The molecule has 0 saturated carbocycles. The lowest BCUT2D eigenvalue weighted by Crippen LogP contribution is -2.33. The Morgan fingerprint density at radius 2 is 1.29 bits per heavy atom. The summed E-state index contributed by atoms with van der Waals surface area (Å²) in [5.41, 5.74) is 0.378. The van der Waals surface area contributed by atoms with Gasteiger partial charge in [0.2, 0.25) is 5.91 Å². The third-order valence-electron chi connectivity index (χ3n) is 4.69. The van der Waals surface area contributed by atoms with E-state index in [4.69, 9.17) is 14.2 Å². The molecule has 0 bridgehead atoms. The van der Waals surface area contributed by atoms with E-state index in [1.54, 1.807) is 0 Å². The van der Waals surface area contributed by atoms with Gasteiger partial charge in [-0.15, -0.1) is 0 Å². The first-order valence-electron chi connectivity index (χ1n) is 11.4. The van der Waals surface area contributed by atoms with Crippen molar-refractivity contribution in [3.8, 4) is 0 Å². The molecule has 1 N–H and O–H groups in total. The van der Waals surface area contributed by atoms with Gasteiger partial charge in [0.05, 0.1) is 33.0 Å². The normalized spacial score (nSPS) is 11.9. The minimum atomic E-state index is 0.159. The van der Waals surface area contributed by atoms with Crippen LogP contribution >= 0.6 is 0 Å². The van der Waals surface area contributed by atoms with E-state index in [1.165, 1.54) is 6.42 Å². The third-order valence-corrected chi connectivity index (χ3v) is 4.69. The van der Waals surface area contributed by atoms with Crippen LogP contribution in [0.5, 0.6) is 0 Å². The first-order valence-corrected chi connectivity index (χ1v) is 11.4. The maximum absolute atomic E-state index is 12.3. The van der Waals surface area contributed by atoms with E-state index >= 15 is 0 Å². The highest BCUT2D eigenvalue weighted by molar-refractivity contribution is 5.78. The van der Waals surface area contributed by atoms with Gasteiger partial charge in [-0.25, -0.2) is 0 Å². The summed E-state index contributed by atoms with van der Waals surface area (Å²) in [6.07, 6.45) is 8.78. The number of hydrogen-bond donors (Lipinski definition) is 1. The summed E-state index contributed by atoms with van der Waals surface area (Å²) < 4.78 is 16.6. The quantitative estimate of drug-likeness (QED) is 0.310. The van der Waals surface area contributed by atoms with Crippen LogP contribution in [-0.4, -0.2) is 52.1 Å². The highest BCUT2D eigenvalue weighted by atomic mass is 16.5. The average molecular weight is 402 g/mol. The lowest BCUT2D eigenvalue weighted by atomic mass is 9.91. The van der Waals surface area contributed by atoms with Crippen LogP contribution in [0.1, 0.15) is 86.0 Å². The van der Waals surface area contributed by atoms with Gasteiger partial charge in [0.25, 0.3) is 0 Å². The van der Waals surface area contributed by atoms with Crippen LogP contribution in [-0.2, 0) is 19.0 Å². The van der Waals surface area contributed by atoms with Crippen molar-refractivity contribution in [3.63, 3.8) is 0 Å². The maximum atomic E-state index is 12.3. The van der Waals surface area contributed by atoms with Crippen molar-refractivity contribution in [3.05, 3.63) is 0 Å². The molecule has 0 atom stereocenters. The Labute approximate surface area is 174 Å². The molecule has 5 nitrogen and oxygen atoms in total. The predicted molar refractivity (Wildman–Crippen MR) is 117 cm³/mol. The molecule has 0 heterocycles. The van der Waals surface area contributed by atoms with Crippen LogP contribution in [0.2, 0.25) is 0 Å². The third kappa shape index (κ3) is 18.7. The summed E-state index contributed by atoms with van der Waals surface area (Å²) in [5, 5.41) is 3.02. The molecule has 0 fully saturated rings. The van der Waals surface area contributed by atoms with Gasteiger partial charge in [0.1, 0.15) is 0 Å². The highest BCUT2D eigenvalue weighted by Crippen LogP contribution is 2.20. The van der Waals surface area contributed by atoms with Crippen molar-refractivity contribution in [1.29, 1.82) is 0 Å². The first kappa shape index (κ1) is 27.4. The van der Waals surface area contributed by atoms with Gasteiger partial charge in [-0.2, -0.15) is 0 Å². The lowest BCUT2D eigenvalue weighted by Gasteiger charge is -2.17. The second-order valence-electron chi connectivity index (χ2n) is 8.77. The Balaban J connectivity index is 3.48. The Kier molecular flexibility index (Phi) is 18.0. The summed E-state index contributed by atoms with van der Waals surface area (Å²) in [6.45, 7) is 15.4. The molecule has 0 aliphatic carbocycles. The number of ether oxygens (including phenoxy) is 3. The first-order chi connectivity index (χ1) is 13.4. The molecule has 0 spiro atoms. The summed E-state index contributed by atoms with van der Waals surface area (Å²) in [5.74, 6) is 0.344. The second kappa shape index (κ2) is 18.4. The SMILES string of the molecule is CCCCC(CCCC)C(=O)NCCOCCOCCOCCCC(C)(C)C. The number of amides is 1. The number of carbonyl (C=O) groups excluding carboxylic acids is 1. The van der Waals surface area contributed by atoms with Crippen molar-refractivity contribution < 1.29 is 19.0 Å². The van der Waals surface area contributed by atoms with Gasteiger partial charge >= 0.3 is 0 Å². The fraction of sp³-hybridized carbons (Fsp3) is 0.957. The Bertz CT molecular complexity index is 347. The van der Waals surface area contributed by atoms with Gasteiger partial charge in [-0.05, 0) is 31.1 Å². The van der Waals surface area contributed by atoms with Crippen molar-refractivity contribution in [1.82, 2.24) is 5.32 Å². The van der Waals surface area contributed by atoms with E-state index in [-0.39, 0.29) is 11.8 Å². The molecule has 0 aliphatic heterocycles. The monoisotopic (exact) mass is 401 g/mol. The summed E-state index contributed by atoms with van der Waals surface area (Å²) >= 11 is 0. The molecule has 0 aliphatic rings. The zero-order valence-corrected chi connectivity index (χ0v) is 19.3. The number of rotatable bonds is 19. The molecule has 0 saturated heterocycles. The molecule has 5 heteroatoms. The lowest BCUT2D eigenvalue weighted by molar-refractivity contribution is -0.125. The topological polar surface area (TPSA) is 56.8 Å². The van der Waals surface area contributed by atoms with E-state index in [9.17, 15) is 4.79 Å². The van der Waals surface area contributed by atoms with E-state index in [0.29, 0.717) is 45.0 Å². The maximum Gasteiger partial charge on any atom is 0.223 e. The van der Waals surface area contributed by atoms with Crippen LogP contribution in [0.4, 0.5) is 0 Å². The standard InChI is InChI=1S/C23H47NO4/c1-6-8-11-21(12-9-7-2)22(25)24-14-16-27-18-20-28-19-17-26-15-10-13-23(3,4)5/h21H,6-20H2,1-5H3,(H,24,25). The van der Waals surface area contributed by atoms with Crippen molar-refractivity contribution >= 4 is 5.91 Å². The molecule has 0 radical (unpaired) electrons. The molecule has 0 aromatic carbocycles. The second-order valence-corrected chi connectivity index (χ2v) is 8.77. The highest BCUT2D eigenvalue weighted by Gasteiger charge is 2.16. The number of unbranched alkanes of at least 4 members (excludes halogenated alkanes) is 2. The largest absolute Gasteiger partial charge is 0.379 e. The number of nitrogens with one attached hydrogen (secondary N) is 1. The molecular formula is C23H47NO4. The summed E-state index contributed by atoms with van der Waals surface area (Å²) in [6, 6.07) is 0. The zero-order chi connectivity index (χ0) is 21.1. The number of carbonyl (C=O) groups is 1. The van der Waals surface area contributed by atoms with Gasteiger partial charge in [0, 0.05) is 19.1 Å². The molecule has 0 aromatic heterocycles. The van der Waals surface area contributed by atoms with Gasteiger partial charge in [0.15, 0.2) is 0 Å². The molecule has 0 aromatic rings. The van der Waals surface area contributed by atoms with E-state index in [2.05, 4.69) is 39.9 Å². The summed E-state index contributed by atoms with van der Waals surface area (Å²) in [4.78, 5) is 12.3. The van der Waals surface area contributed by atoms with Crippen LogP contribution in [0.15, 0.2) is 0 Å². The van der Waals surface area contributed by atoms with Crippen molar-refractivity contribution in [2.75, 3.05) is 46.2 Å². The van der Waals surface area contributed by atoms with Crippen molar-refractivity contribution in [2.45, 2.75) is 86.0 Å². The van der Waals surface area contributed by atoms with Crippen LogP contribution in [0.25, 0.3) is 0 Å². The molecule has 168 valence electrons. The van der Waals surface area contributed by atoms with E-state index in [1.807, 2.05) is 0 Å². The van der Waals surface area contributed by atoms with Crippen molar-refractivity contribution in [2.24, 2.45) is 11.3 Å². The van der Waals surface area contributed by atoms with E-state index < -0.39 is 0 Å². The molecule has 1 amide bonds. The molecular weight excluding hydrogens is 354 g/mol. The molecule has 0 unspecified atom stereocenters. The molecule has 28 heavy (non-hydrogen) atoms. The Morgan fingerprint density at radius 3 is 1.79 bits per heavy atom.